The van der Waals surface area contributed by atoms with E-state index in [4.69, 9.17) is 11.6 Å². The van der Waals surface area contributed by atoms with Gasteiger partial charge in [0.1, 0.15) is 16.2 Å². The van der Waals surface area contributed by atoms with Crippen molar-refractivity contribution < 1.29 is 0 Å². The van der Waals surface area contributed by atoms with Gasteiger partial charge in [-0.1, -0.05) is 11.6 Å². The van der Waals surface area contributed by atoms with E-state index in [-0.39, 0.29) is 10.5 Å². The van der Waals surface area contributed by atoms with E-state index in [1.54, 1.807) is 0 Å². The lowest BCUT2D eigenvalue weighted by Gasteiger charge is -1.97. The molecule has 0 saturated carbocycles. The molecule has 7 heteroatoms. The fourth-order valence-electron chi connectivity index (χ4n) is 0.918. The minimum Gasteiger partial charge on any atom is -0.330 e. The first-order chi connectivity index (χ1) is 6.18. The average Bonchev–Trinajstić information content (AvgIpc) is 2.02. The normalized spacial score (nSPS) is 10.6. The van der Waals surface area contributed by atoms with E-state index in [0.29, 0.717) is 9.48 Å². The third kappa shape index (κ3) is 1.51. The first kappa shape index (κ1) is 8.82. The highest BCUT2D eigenvalue weighted by Gasteiger charge is 2.07. The molecule has 66 valence electrons. The van der Waals surface area contributed by atoms with Crippen LogP contribution in [0.5, 0.6) is 0 Å². The molecule has 1 N–H and O–H groups in total. The Hall–Kier alpha value is -0.760. The van der Waals surface area contributed by atoms with Crippen LogP contribution in [-0.2, 0) is 0 Å². The average molecular weight is 308 g/mol. The van der Waals surface area contributed by atoms with Crippen molar-refractivity contribution in [1.29, 1.82) is 0 Å². The molecular formula is C6H2ClIN4O. The first-order valence-corrected chi connectivity index (χ1v) is 4.70. The van der Waals surface area contributed by atoms with E-state index in [1.807, 2.05) is 22.6 Å². The van der Waals surface area contributed by atoms with Crippen LogP contribution in [0.2, 0.25) is 5.15 Å². The van der Waals surface area contributed by atoms with E-state index in [0.717, 1.165) is 0 Å². The van der Waals surface area contributed by atoms with Crippen molar-refractivity contribution in [3.05, 3.63) is 25.7 Å². The largest absolute Gasteiger partial charge is 0.330 e. The minimum atomic E-state index is -0.421. The SMILES string of the molecule is O=c1nc[nH]c2nc(I)nc(Cl)c12. The van der Waals surface area contributed by atoms with E-state index >= 15 is 0 Å². The Balaban J connectivity index is 3.03. The maximum Gasteiger partial charge on any atom is 0.285 e. The summed E-state index contributed by atoms with van der Waals surface area (Å²) in [6.07, 6.45) is 1.28. The van der Waals surface area contributed by atoms with Gasteiger partial charge in [-0.3, -0.25) is 4.79 Å². The minimum absolute atomic E-state index is 0.128. The van der Waals surface area contributed by atoms with E-state index in [2.05, 4.69) is 19.9 Å². The summed E-state index contributed by atoms with van der Waals surface area (Å²) in [6, 6.07) is 0. The van der Waals surface area contributed by atoms with Gasteiger partial charge in [0.15, 0.2) is 3.83 Å². The Morgan fingerprint density at radius 1 is 1.46 bits per heavy atom. The molecule has 5 nitrogen and oxygen atoms in total. The molecule has 0 atom stereocenters. The summed E-state index contributed by atoms with van der Waals surface area (Å²) in [5, 5.41) is 0.355. The van der Waals surface area contributed by atoms with Crippen LogP contribution < -0.4 is 5.56 Å². The van der Waals surface area contributed by atoms with Crippen molar-refractivity contribution in [2.45, 2.75) is 0 Å². The number of hydrogen-bond donors (Lipinski definition) is 1. The number of nitrogens with zero attached hydrogens (tertiary/aromatic N) is 3. The molecule has 0 amide bonds. The molecule has 2 rings (SSSR count). The second-order valence-electron chi connectivity index (χ2n) is 2.21. The number of rotatable bonds is 0. The Labute approximate surface area is 90.7 Å². The highest BCUT2D eigenvalue weighted by Crippen LogP contribution is 2.14. The van der Waals surface area contributed by atoms with E-state index < -0.39 is 5.56 Å². The van der Waals surface area contributed by atoms with Crippen LogP contribution in [0, 0.1) is 3.83 Å². The maximum absolute atomic E-state index is 11.2. The quantitative estimate of drug-likeness (QED) is 0.447. The zero-order valence-corrected chi connectivity index (χ0v) is 9.00. The smallest absolute Gasteiger partial charge is 0.285 e. The molecular weight excluding hydrogens is 306 g/mol. The molecule has 0 unspecified atom stereocenters. The number of H-pyrrole nitrogens is 1. The van der Waals surface area contributed by atoms with Gasteiger partial charge >= 0.3 is 0 Å². The fraction of sp³-hybridized carbons (Fsp3) is 0. The van der Waals surface area contributed by atoms with Crippen molar-refractivity contribution in [3.8, 4) is 0 Å². The molecule has 0 spiro atoms. The van der Waals surface area contributed by atoms with Crippen LogP contribution in [0.1, 0.15) is 0 Å². The van der Waals surface area contributed by atoms with Gasteiger partial charge in [0.05, 0.1) is 6.33 Å². The summed E-state index contributed by atoms with van der Waals surface area (Å²) in [5.41, 5.74) is -0.0143. The zero-order chi connectivity index (χ0) is 9.42. The summed E-state index contributed by atoms with van der Waals surface area (Å²) in [7, 11) is 0. The molecule has 0 fully saturated rings. The third-order valence-corrected chi connectivity index (χ3v) is 2.19. The molecule has 0 radical (unpaired) electrons. The van der Waals surface area contributed by atoms with Crippen molar-refractivity contribution in [3.63, 3.8) is 0 Å². The number of aromatic nitrogens is 4. The summed E-state index contributed by atoms with van der Waals surface area (Å²) in [5.74, 6) is 0. The van der Waals surface area contributed by atoms with Crippen LogP contribution in [0.15, 0.2) is 11.1 Å². The Morgan fingerprint density at radius 2 is 2.23 bits per heavy atom. The molecule has 0 saturated heterocycles. The monoisotopic (exact) mass is 308 g/mol. The van der Waals surface area contributed by atoms with Crippen molar-refractivity contribution in [1.82, 2.24) is 19.9 Å². The molecule has 0 bridgehead atoms. The Bertz CT molecular complexity index is 526. The predicted octanol–water partition coefficient (Wildman–Crippen LogP) is 0.971. The molecule has 0 aliphatic heterocycles. The van der Waals surface area contributed by atoms with Gasteiger partial charge in [-0.05, 0) is 0 Å². The molecule has 0 aliphatic carbocycles. The van der Waals surface area contributed by atoms with Gasteiger partial charge in [-0.2, -0.15) is 4.98 Å². The summed E-state index contributed by atoms with van der Waals surface area (Å²) >= 11 is 7.67. The maximum atomic E-state index is 11.2. The van der Waals surface area contributed by atoms with Crippen molar-refractivity contribution >= 4 is 45.2 Å². The topological polar surface area (TPSA) is 71.5 Å². The highest BCUT2D eigenvalue weighted by atomic mass is 127. The lowest BCUT2D eigenvalue weighted by atomic mass is 10.4. The van der Waals surface area contributed by atoms with Crippen LogP contribution in [-0.4, -0.2) is 19.9 Å². The standard InChI is InChI=1S/C6H2ClIN4O/c7-3-2-4(12-6(8)11-3)9-1-10-5(2)13/h1H,(H,9,10,11,12,13). The summed E-state index contributed by atoms with van der Waals surface area (Å²) < 4.78 is 0.483. The predicted molar refractivity (Wildman–Crippen MR) is 55.7 cm³/mol. The lowest BCUT2D eigenvalue weighted by Crippen LogP contribution is -2.09. The van der Waals surface area contributed by atoms with Gasteiger partial charge in [0.2, 0.25) is 0 Å². The molecule has 2 aromatic heterocycles. The molecule has 13 heavy (non-hydrogen) atoms. The molecule has 0 aromatic carbocycles. The third-order valence-electron chi connectivity index (χ3n) is 1.43. The number of nitrogens with one attached hydrogen (secondary N) is 1. The second kappa shape index (κ2) is 3.18. The van der Waals surface area contributed by atoms with Gasteiger partial charge in [-0.15, -0.1) is 0 Å². The number of hydrogen-bond acceptors (Lipinski definition) is 4. The van der Waals surface area contributed by atoms with Crippen LogP contribution >= 0.6 is 34.2 Å². The van der Waals surface area contributed by atoms with Crippen molar-refractivity contribution in [2.75, 3.05) is 0 Å². The van der Waals surface area contributed by atoms with Gasteiger partial charge < -0.3 is 4.98 Å². The highest BCUT2D eigenvalue weighted by molar-refractivity contribution is 14.1. The fourth-order valence-corrected chi connectivity index (χ4v) is 1.79. The van der Waals surface area contributed by atoms with E-state index in [9.17, 15) is 4.79 Å². The van der Waals surface area contributed by atoms with E-state index in [1.165, 1.54) is 6.33 Å². The molecule has 0 aliphatic rings. The first-order valence-electron chi connectivity index (χ1n) is 3.25. The second-order valence-corrected chi connectivity index (χ2v) is 3.54. The lowest BCUT2D eigenvalue weighted by molar-refractivity contribution is 1.08. The zero-order valence-electron chi connectivity index (χ0n) is 6.08. The van der Waals surface area contributed by atoms with Crippen LogP contribution in [0.3, 0.4) is 0 Å². The summed E-state index contributed by atoms with van der Waals surface area (Å²) in [6.45, 7) is 0. The van der Waals surface area contributed by atoms with Gasteiger partial charge in [0.25, 0.3) is 5.56 Å². The van der Waals surface area contributed by atoms with Crippen molar-refractivity contribution in [2.24, 2.45) is 0 Å². The van der Waals surface area contributed by atoms with Crippen LogP contribution in [0.4, 0.5) is 0 Å². The number of aromatic amines is 1. The summed E-state index contributed by atoms with van der Waals surface area (Å²) in [4.78, 5) is 25.3. The Morgan fingerprint density at radius 3 is 3.00 bits per heavy atom. The number of halogens is 2. The molecule has 2 aromatic rings. The van der Waals surface area contributed by atoms with Crippen LogP contribution in [0.25, 0.3) is 11.0 Å². The molecule has 2 heterocycles. The van der Waals surface area contributed by atoms with Gasteiger partial charge in [0, 0.05) is 22.6 Å². The van der Waals surface area contributed by atoms with Gasteiger partial charge in [-0.25, -0.2) is 9.97 Å². The Kier molecular flexibility index (Phi) is 2.16. The number of fused-ring (bicyclic) bond motifs is 1.